The molecule has 5 aliphatic rings. The molecule has 1 aliphatic heterocycles. The fourth-order valence-electron chi connectivity index (χ4n) is 5.13. The van der Waals surface area contributed by atoms with Crippen molar-refractivity contribution in [3.05, 3.63) is 0 Å². The van der Waals surface area contributed by atoms with Gasteiger partial charge >= 0.3 is 0 Å². The molecule has 1 atom stereocenters. The van der Waals surface area contributed by atoms with Crippen molar-refractivity contribution in [1.29, 1.82) is 0 Å². The van der Waals surface area contributed by atoms with E-state index in [1.165, 1.54) is 6.42 Å². The summed E-state index contributed by atoms with van der Waals surface area (Å²) in [6, 6.07) is 0. The molecule has 0 aromatic carbocycles. The third-order valence-electron chi connectivity index (χ3n) is 5.46. The van der Waals surface area contributed by atoms with Gasteiger partial charge in [0.1, 0.15) is 0 Å². The average molecular weight is 192 g/mol. The molecule has 1 heterocycles. The zero-order chi connectivity index (χ0) is 9.12. The minimum Gasteiger partial charge on any atom is -0.378 e. The first kappa shape index (κ1) is 8.15. The van der Waals surface area contributed by atoms with Gasteiger partial charge in [0.05, 0.1) is 6.10 Å². The lowest BCUT2D eigenvalue weighted by Crippen LogP contribution is -2.52. The molecule has 1 nitrogen and oxygen atoms in total. The van der Waals surface area contributed by atoms with Crippen LogP contribution in [0.3, 0.4) is 0 Å². The lowest BCUT2D eigenvalue weighted by Gasteiger charge is -2.57. The molecule has 1 unspecified atom stereocenters. The maximum Gasteiger partial charge on any atom is 0.0630 e. The summed E-state index contributed by atoms with van der Waals surface area (Å²) in [5.74, 6) is 5.35. The largest absolute Gasteiger partial charge is 0.378 e. The van der Waals surface area contributed by atoms with E-state index < -0.39 is 0 Å². The summed E-state index contributed by atoms with van der Waals surface area (Å²) >= 11 is 0. The zero-order valence-corrected chi connectivity index (χ0v) is 8.82. The van der Waals surface area contributed by atoms with Crippen LogP contribution in [0.2, 0.25) is 0 Å². The van der Waals surface area contributed by atoms with Crippen LogP contribution in [-0.4, -0.2) is 12.7 Å². The topological polar surface area (TPSA) is 9.23 Å². The van der Waals surface area contributed by atoms with Crippen molar-refractivity contribution < 1.29 is 4.74 Å². The van der Waals surface area contributed by atoms with E-state index in [4.69, 9.17) is 4.74 Å². The highest BCUT2D eigenvalue weighted by Gasteiger charge is 2.51. The van der Waals surface area contributed by atoms with Crippen LogP contribution >= 0.6 is 0 Å². The Labute approximate surface area is 86.2 Å². The van der Waals surface area contributed by atoms with Crippen molar-refractivity contribution >= 4 is 0 Å². The number of hydrogen-bond acceptors (Lipinski definition) is 1. The van der Waals surface area contributed by atoms with Crippen LogP contribution in [0, 0.1) is 29.6 Å². The van der Waals surface area contributed by atoms with Crippen molar-refractivity contribution in [2.24, 2.45) is 29.6 Å². The molecule has 0 spiro atoms. The quantitative estimate of drug-likeness (QED) is 0.620. The van der Waals surface area contributed by atoms with Crippen LogP contribution in [-0.2, 0) is 4.74 Å². The monoisotopic (exact) mass is 192 g/mol. The lowest BCUT2D eigenvalue weighted by molar-refractivity contribution is -0.160. The van der Waals surface area contributed by atoms with Gasteiger partial charge < -0.3 is 4.74 Å². The second-order valence-electron chi connectivity index (χ2n) is 6.21. The standard InChI is InChI=1S/C13H20O/c1-2-14-12(1)13-10-4-8-3-9(6-10)7-11(13)5-8/h8-13H,1-7H2. The summed E-state index contributed by atoms with van der Waals surface area (Å²) in [6.45, 7) is 1.05. The fraction of sp³-hybridized carbons (Fsp3) is 1.00. The van der Waals surface area contributed by atoms with Crippen LogP contribution in [0.5, 0.6) is 0 Å². The van der Waals surface area contributed by atoms with E-state index in [-0.39, 0.29) is 0 Å². The van der Waals surface area contributed by atoms with Gasteiger partial charge in [0.25, 0.3) is 0 Å². The van der Waals surface area contributed by atoms with Crippen LogP contribution in [0.4, 0.5) is 0 Å². The number of rotatable bonds is 1. The molecule has 0 aromatic rings. The molecule has 0 aromatic heterocycles. The molecule has 1 saturated heterocycles. The van der Waals surface area contributed by atoms with Gasteiger partial charge in [-0.1, -0.05) is 0 Å². The van der Waals surface area contributed by atoms with Gasteiger partial charge in [-0.3, -0.25) is 0 Å². The Hall–Kier alpha value is -0.0400. The highest BCUT2D eigenvalue weighted by molar-refractivity contribution is 5.01. The van der Waals surface area contributed by atoms with E-state index in [1.54, 1.807) is 32.1 Å². The van der Waals surface area contributed by atoms with E-state index in [0.29, 0.717) is 6.10 Å². The third kappa shape index (κ3) is 0.997. The van der Waals surface area contributed by atoms with Crippen molar-refractivity contribution in [1.82, 2.24) is 0 Å². The van der Waals surface area contributed by atoms with Gasteiger partial charge in [0.2, 0.25) is 0 Å². The first-order valence-corrected chi connectivity index (χ1v) is 6.52. The third-order valence-corrected chi connectivity index (χ3v) is 5.46. The van der Waals surface area contributed by atoms with Crippen LogP contribution < -0.4 is 0 Å². The molecule has 5 fully saturated rings. The van der Waals surface area contributed by atoms with E-state index in [0.717, 1.165) is 36.2 Å². The first-order valence-electron chi connectivity index (χ1n) is 6.52. The molecule has 0 radical (unpaired) electrons. The van der Waals surface area contributed by atoms with Gasteiger partial charge in [-0.05, 0) is 68.1 Å². The van der Waals surface area contributed by atoms with Gasteiger partial charge in [0.15, 0.2) is 0 Å². The molecule has 4 aliphatic carbocycles. The zero-order valence-electron chi connectivity index (χ0n) is 8.82. The van der Waals surface area contributed by atoms with E-state index in [2.05, 4.69) is 0 Å². The van der Waals surface area contributed by atoms with Gasteiger partial charge in [-0.2, -0.15) is 0 Å². The van der Waals surface area contributed by atoms with E-state index >= 15 is 0 Å². The highest BCUT2D eigenvalue weighted by atomic mass is 16.5. The van der Waals surface area contributed by atoms with Crippen molar-refractivity contribution in [2.75, 3.05) is 6.61 Å². The lowest BCUT2D eigenvalue weighted by atomic mass is 9.50. The summed E-state index contributed by atoms with van der Waals surface area (Å²) in [7, 11) is 0. The molecular formula is C13H20O. The minimum atomic E-state index is 0.685. The Morgan fingerprint density at radius 1 is 0.786 bits per heavy atom. The molecule has 14 heavy (non-hydrogen) atoms. The summed E-state index contributed by atoms with van der Waals surface area (Å²) < 4.78 is 5.76. The first-order chi connectivity index (χ1) is 6.90. The van der Waals surface area contributed by atoms with Gasteiger partial charge in [-0.15, -0.1) is 0 Å². The second-order valence-corrected chi connectivity index (χ2v) is 6.21. The molecule has 78 valence electrons. The summed E-state index contributed by atoms with van der Waals surface area (Å²) in [4.78, 5) is 0. The Bertz CT molecular complexity index is 216. The average Bonchev–Trinajstić information content (AvgIpc) is 2.06. The van der Waals surface area contributed by atoms with Crippen LogP contribution in [0.1, 0.15) is 38.5 Å². The van der Waals surface area contributed by atoms with E-state index in [1.807, 2.05) is 0 Å². The minimum absolute atomic E-state index is 0.685. The summed E-state index contributed by atoms with van der Waals surface area (Å²) in [6.07, 6.45) is 9.84. The predicted octanol–water partition coefficient (Wildman–Crippen LogP) is 2.85. The van der Waals surface area contributed by atoms with Crippen LogP contribution in [0.15, 0.2) is 0 Å². The Balaban J connectivity index is 1.61. The SMILES string of the molecule is C1CC(C2C3CC4CC(C3)CC2C4)O1. The molecule has 5 rings (SSSR count). The summed E-state index contributed by atoms with van der Waals surface area (Å²) in [5.41, 5.74) is 0. The van der Waals surface area contributed by atoms with E-state index in [9.17, 15) is 0 Å². The smallest absolute Gasteiger partial charge is 0.0630 e. The van der Waals surface area contributed by atoms with Crippen molar-refractivity contribution in [3.63, 3.8) is 0 Å². The van der Waals surface area contributed by atoms with Crippen molar-refractivity contribution in [2.45, 2.75) is 44.6 Å². The van der Waals surface area contributed by atoms with Crippen molar-refractivity contribution in [3.8, 4) is 0 Å². The fourth-order valence-corrected chi connectivity index (χ4v) is 5.13. The second kappa shape index (κ2) is 2.75. The van der Waals surface area contributed by atoms with Gasteiger partial charge in [-0.25, -0.2) is 0 Å². The highest BCUT2D eigenvalue weighted by Crippen LogP contribution is 2.58. The maximum atomic E-state index is 5.76. The van der Waals surface area contributed by atoms with Gasteiger partial charge in [0, 0.05) is 6.61 Å². The molecule has 0 N–H and O–H groups in total. The normalized spacial score (nSPS) is 60.0. The molecular weight excluding hydrogens is 172 g/mol. The summed E-state index contributed by atoms with van der Waals surface area (Å²) in [5, 5.41) is 0. The molecule has 4 saturated carbocycles. The number of ether oxygens (including phenoxy) is 1. The predicted molar refractivity (Wildman–Crippen MR) is 54.9 cm³/mol. The molecule has 1 heteroatoms. The molecule has 0 amide bonds. The number of hydrogen-bond donors (Lipinski definition) is 0. The Morgan fingerprint density at radius 3 is 1.79 bits per heavy atom. The Morgan fingerprint density at radius 2 is 1.36 bits per heavy atom. The maximum absolute atomic E-state index is 5.76. The molecule has 4 bridgehead atoms. The Kier molecular flexibility index (Phi) is 1.60. The van der Waals surface area contributed by atoms with Crippen LogP contribution in [0.25, 0.3) is 0 Å².